The van der Waals surface area contributed by atoms with Crippen molar-refractivity contribution in [2.45, 2.75) is 63.3 Å². The van der Waals surface area contributed by atoms with Crippen LogP contribution in [0.25, 0.3) is 30.3 Å². The van der Waals surface area contributed by atoms with Gasteiger partial charge >= 0.3 is 0 Å². The lowest BCUT2D eigenvalue weighted by Gasteiger charge is -2.25. The van der Waals surface area contributed by atoms with E-state index in [-0.39, 0.29) is 42.7 Å². The first kappa shape index (κ1) is 28.0. The summed E-state index contributed by atoms with van der Waals surface area (Å²) in [5.41, 5.74) is 6.40. The van der Waals surface area contributed by atoms with E-state index in [0.29, 0.717) is 27.1 Å². The van der Waals surface area contributed by atoms with E-state index in [1.165, 1.54) is 35.2 Å². The molecular formula is C28H27FN8O3S3. The van der Waals surface area contributed by atoms with Crippen LogP contribution < -0.4 is 11.1 Å². The second-order valence-corrected chi connectivity index (χ2v) is 14.0. The predicted octanol–water partition coefficient (Wildman–Crippen LogP) is 4.02. The highest BCUT2D eigenvalue weighted by molar-refractivity contribution is 7.27. The number of aromatic nitrogens is 5. The van der Waals surface area contributed by atoms with Crippen LogP contribution in [0.2, 0.25) is 0 Å². The number of nitrogens with one attached hydrogen (secondary N) is 1. The van der Waals surface area contributed by atoms with E-state index in [1.807, 2.05) is 0 Å². The monoisotopic (exact) mass is 638 g/mol. The van der Waals surface area contributed by atoms with Crippen molar-refractivity contribution in [2.75, 3.05) is 6.54 Å². The SMILES string of the molecule is Cc1ncc(-c2nc3c(C(N)=O)nn(CC(=O)N4C[C@H](F)C[C@H]4C(=O)NC4CCC(c5cc6sccc6s5)C4)c3s2)cn1. The van der Waals surface area contributed by atoms with Crippen LogP contribution in [0.4, 0.5) is 4.39 Å². The van der Waals surface area contributed by atoms with Gasteiger partial charge in [0.15, 0.2) is 5.69 Å². The number of hydrogen-bond acceptors (Lipinski definition) is 10. The average Bonchev–Trinajstić information content (AvgIpc) is 3.79. The summed E-state index contributed by atoms with van der Waals surface area (Å²) in [4.78, 5) is 55.0. The summed E-state index contributed by atoms with van der Waals surface area (Å²) >= 11 is 4.75. The van der Waals surface area contributed by atoms with Crippen LogP contribution in [0.15, 0.2) is 29.9 Å². The third-order valence-corrected chi connectivity index (χ3v) is 11.4. The highest BCUT2D eigenvalue weighted by Crippen LogP contribution is 2.41. The summed E-state index contributed by atoms with van der Waals surface area (Å²) in [6.45, 7) is 1.29. The Balaban J connectivity index is 1.06. The van der Waals surface area contributed by atoms with Crippen molar-refractivity contribution in [3.8, 4) is 10.6 Å². The van der Waals surface area contributed by atoms with Crippen LogP contribution in [-0.2, 0) is 16.1 Å². The average molecular weight is 639 g/mol. The van der Waals surface area contributed by atoms with E-state index in [2.05, 4.69) is 42.9 Å². The molecule has 1 aliphatic heterocycles. The quantitative estimate of drug-likeness (QED) is 0.273. The number of thiophene rings is 2. The van der Waals surface area contributed by atoms with Crippen molar-refractivity contribution in [3.63, 3.8) is 0 Å². The Morgan fingerprint density at radius 3 is 2.72 bits per heavy atom. The van der Waals surface area contributed by atoms with Crippen LogP contribution in [0.5, 0.6) is 0 Å². The lowest BCUT2D eigenvalue weighted by atomic mass is 10.1. The first-order valence-corrected chi connectivity index (χ1v) is 16.4. The minimum Gasteiger partial charge on any atom is -0.364 e. The van der Waals surface area contributed by atoms with Crippen LogP contribution >= 0.6 is 34.0 Å². The van der Waals surface area contributed by atoms with E-state index in [9.17, 15) is 18.8 Å². The summed E-state index contributed by atoms with van der Waals surface area (Å²) in [7, 11) is 0. The van der Waals surface area contributed by atoms with Crippen LogP contribution in [0.3, 0.4) is 0 Å². The van der Waals surface area contributed by atoms with Gasteiger partial charge in [0.2, 0.25) is 11.8 Å². The molecule has 5 aromatic heterocycles. The Hall–Kier alpha value is -3.82. The smallest absolute Gasteiger partial charge is 0.271 e. The largest absolute Gasteiger partial charge is 0.364 e. The number of thiazole rings is 1. The van der Waals surface area contributed by atoms with E-state index >= 15 is 0 Å². The molecule has 15 heteroatoms. The zero-order valence-electron chi connectivity index (χ0n) is 23.0. The predicted molar refractivity (Wildman–Crippen MR) is 163 cm³/mol. The molecular weight excluding hydrogens is 612 g/mol. The molecule has 1 saturated heterocycles. The standard InChI is InChI=1S/C28H27FN8O3S3/c1-13-31-9-15(10-32-13)27-34-24-23(25(30)39)35-37(28(24)43-27)12-22(38)36-11-16(29)7-18(36)26(40)33-17-3-2-14(6-17)20-8-21-19(42-20)4-5-41-21/h4-5,8-10,14,16-18H,2-3,6-7,11-12H2,1H3,(H2,30,39)(H,33,40)/t14?,16-,17?,18+/m1/s1. The Morgan fingerprint density at radius 1 is 1.14 bits per heavy atom. The molecule has 222 valence electrons. The van der Waals surface area contributed by atoms with Crippen molar-refractivity contribution in [1.82, 2.24) is 34.9 Å². The number of fused-ring (bicyclic) bond motifs is 2. The van der Waals surface area contributed by atoms with Crippen molar-refractivity contribution >= 4 is 71.5 Å². The molecule has 2 unspecified atom stereocenters. The second-order valence-electron chi connectivity index (χ2n) is 11.0. The topological polar surface area (TPSA) is 149 Å². The van der Waals surface area contributed by atoms with E-state index in [1.54, 1.807) is 42.0 Å². The fraction of sp³-hybridized carbons (Fsp3) is 0.393. The maximum absolute atomic E-state index is 14.7. The zero-order valence-corrected chi connectivity index (χ0v) is 25.5. The lowest BCUT2D eigenvalue weighted by Crippen LogP contribution is -2.49. The number of nitrogens with two attached hydrogens (primary N) is 1. The number of primary amides is 1. The summed E-state index contributed by atoms with van der Waals surface area (Å²) in [5, 5.41) is 9.98. The van der Waals surface area contributed by atoms with Gasteiger partial charge in [-0.3, -0.25) is 14.4 Å². The van der Waals surface area contributed by atoms with Gasteiger partial charge in [-0.05, 0) is 49.6 Å². The van der Waals surface area contributed by atoms with E-state index in [0.717, 1.165) is 19.3 Å². The Labute approximate surface area is 256 Å². The first-order valence-electron chi connectivity index (χ1n) is 13.9. The van der Waals surface area contributed by atoms with Gasteiger partial charge in [-0.1, -0.05) is 11.3 Å². The van der Waals surface area contributed by atoms with Crippen LogP contribution in [-0.4, -0.2) is 72.2 Å². The molecule has 3 N–H and O–H groups in total. The normalized spacial score (nSPS) is 22.1. The molecule has 0 bridgehead atoms. The maximum atomic E-state index is 14.7. The number of likely N-dealkylation sites (tertiary alicyclic amines) is 1. The molecule has 11 nitrogen and oxygen atoms in total. The number of carbonyl (C=O) groups excluding carboxylic acids is 3. The summed E-state index contributed by atoms with van der Waals surface area (Å²) in [6.07, 6.45) is 4.50. The zero-order chi connectivity index (χ0) is 29.8. The van der Waals surface area contributed by atoms with Crippen LogP contribution in [0.1, 0.15) is 52.8 Å². The maximum Gasteiger partial charge on any atom is 0.271 e. The summed E-state index contributed by atoms with van der Waals surface area (Å²) in [6, 6.07) is 3.44. The number of nitrogens with zero attached hydrogens (tertiary/aromatic N) is 6. The molecule has 2 fully saturated rings. The van der Waals surface area contributed by atoms with Gasteiger partial charge < -0.3 is 16.0 Å². The molecule has 6 heterocycles. The van der Waals surface area contributed by atoms with Gasteiger partial charge in [0.25, 0.3) is 5.91 Å². The third kappa shape index (κ3) is 5.29. The number of halogens is 1. The molecule has 2 aliphatic rings. The number of aryl methyl sites for hydroxylation is 1. The molecule has 4 atom stereocenters. The fourth-order valence-electron chi connectivity index (χ4n) is 5.94. The number of carbonyl (C=O) groups is 3. The lowest BCUT2D eigenvalue weighted by molar-refractivity contribution is -0.139. The van der Waals surface area contributed by atoms with Crippen molar-refractivity contribution in [2.24, 2.45) is 5.73 Å². The third-order valence-electron chi connectivity index (χ3n) is 8.05. The van der Waals surface area contributed by atoms with Gasteiger partial charge in [0.1, 0.15) is 39.9 Å². The molecule has 0 spiro atoms. The number of alkyl halides is 1. The van der Waals surface area contributed by atoms with Crippen LogP contribution in [0, 0.1) is 6.92 Å². The molecule has 1 aliphatic carbocycles. The van der Waals surface area contributed by atoms with E-state index in [4.69, 9.17) is 5.73 Å². The Kier molecular flexibility index (Phi) is 7.18. The molecule has 7 rings (SSSR count). The van der Waals surface area contributed by atoms with Gasteiger partial charge in [-0.2, -0.15) is 5.10 Å². The van der Waals surface area contributed by atoms with Gasteiger partial charge in [0, 0.05) is 44.7 Å². The molecule has 0 aromatic carbocycles. The Morgan fingerprint density at radius 2 is 1.95 bits per heavy atom. The van der Waals surface area contributed by atoms with Crippen molar-refractivity contribution < 1.29 is 18.8 Å². The molecule has 5 aromatic rings. The molecule has 1 saturated carbocycles. The van der Waals surface area contributed by atoms with Gasteiger partial charge in [-0.15, -0.1) is 22.7 Å². The Bertz CT molecular complexity index is 1830. The second kappa shape index (κ2) is 11.0. The highest BCUT2D eigenvalue weighted by Gasteiger charge is 2.41. The molecule has 0 radical (unpaired) electrons. The molecule has 3 amide bonds. The van der Waals surface area contributed by atoms with Crippen molar-refractivity contribution in [1.29, 1.82) is 0 Å². The van der Waals surface area contributed by atoms with Gasteiger partial charge in [0.05, 0.1) is 6.54 Å². The highest BCUT2D eigenvalue weighted by atomic mass is 32.1. The fourth-order valence-corrected chi connectivity index (χ4v) is 9.20. The number of hydrogen-bond donors (Lipinski definition) is 2. The number of amides is 3. The first-order chi connectivity index (χ1) is 20.7. The number of rotatable bonds is 7. The molecule has 43 heavy (non-hydrogen) atoms. The van der Waals surface area contributed by atoms with Crippen molar-refractivity contribution in [3.05, 3.63) is 46.3 Å². The van der Waals surface area contributed by atoms with E-state index < -0.39 is 24.0 Å². The van der Waals surface area contributed by atoms with Gasteiger partial charge in [-0.25, -0.2) is 24.0 Å². The minimum atomic E-state index is -1.31. The summed E-state index contributed by atoms with van der Waals surface area (Å²) < 4.78 is 18.6. The summed E-state index contributed by atoms with van der Waals surface area (Å²) in [5.74, 6) is -0.619. The minimum absolute atomic E-state index is 0.0292.